The van der Waals surface area contributed by atoms with Crippen LogP contribution in [-0.4, -0.2) is 64.5 Å². The number of carbonyl (C=O) groups excluding carboxylic acids is 1. The first-order valence-electron chi connectivity index (χ1n) is 11.0. The summed E-state index contributed by atoms with van der Waals surface area (Å²) in [6.45, 7) is 14.3. The fourth-order valence-corrected chi connectivity index (χ4v) is 8.62. The third-order valence-corrected chi connectivity index (χ3v) is 9.23. The van der Waals surface area contributed by atoms with Gasteiger partial charge in [-0.2, -0.15) is 0 Å². The summed E-state index contributed by atoms with van der Waals surface area (Å²) in [7, 11) is -1.38. The summed E-state index contributed by atoms with van der Waals surface area (Å²) in [6.07, 6.45) is 1.53. The standard InChI is InChI=1S/C22H34N2O5S2Si/c1-11-16-15(12(2)25)20(26)24(16)17(21(27)28)18(11)31-13(10-14-23-8-9-30-14)19(22(3,4)5)29-32(6)7/h8-9,11-13,15-16,19,25,32H,10H2,1-7H3,(H,27,28)/t11-,12-,13?,15-,16-,19?/m1/s1. The average Bonchev–Trinajstić information content (AvgIpc) is 3.24. The monoisotopic (exact) mass is 498 g/mol. The van der Waals surface area contributed by atoms with E-state index >= 15 is 0 Å². The summed E-state index contributed by atoms with van der Waals surface area (Å²) in [5.74, 6) is -2.13. The molecular weight excluding hydrogens is 464 g/mol. The SMILES string of the molecule is C[C@@H](O)[C@H]1C(=O)N2C(C(=O)O)=C(SC(Cc3nccs3)C(O[SiH](C)C)C(C)(C)C)[C@H](C)[C@H]12. The normalized spacial score (nSPS) is 26.2. The van der Waals surface area contributed by atoms with Gasteiger partial charge in [-0.3, -0.25) is 4.79 Å². The lowest BCUT2D eigenvalue weighted by Gasteiger charge is -2.46. The number of carboxylic acid groups (broad SMARTS) is 1. The van der Waals surface area contributed by atoms with Crippen molar-refractivity contribution in [3.05, 3.63) is 27.2 Å². The Labute approximate surface area is 200 Å². The number of β-lactam (4-membered cyclic amide) rings is 1. The van der Waals surface area contributed by atoms with Crippen molar-refractivity contribution < 1.29 is 24.2 Å². The molecule has 2 aliphatic rings. The highest BCUT2D eigenvalue weighted by molar-refractivity contribution is 8.03. The van der Waals surface area contributed by atoms with Crippen molar-refractivity contribution in [3.63, 3.8) is 0 Å². The molecule has 0 bridgehead atoms. The van der Waals surface area contributed by atoms with E-state index in [1.807, 2.05) is 12.3 Å². The minimum absolute atomic E-state index is 0.0540. The molecule has 7 nitrogen and oxygen atoms in total. The Morgan fingerprint density at radius 2 is 2.06 bits per heavy atom. The number of carboxylic acids is 1. The van der Waals surface area contributed by atoms with Crippen LogP contribution in [-0.2, 0) is 20.4 Å². The number of aliphatic hydroxyl groups is 1. The molecule has 2 aliphatic heterocycles. The van der Waals surface area contributed by atoms with Gasteiger partial charge in [0.25, 0.3) is 0 Å². The molecule has 0 aliphatic carbocycles. The fraction of sp³-hybridized carbons (Fsp3) is 0.682. The minimum Gasteiger partial charge on any atom is -0.477 e. The van der Waals surface area contributed by atoms with Gasteiger partial charge in [0.15, 0.2) is 9.04 Å². The molecule has 10 heteroatoms. The Morgan fingerprint density at radius 3 is 2.53 bits per heavy atom. The maximum absolute atomic E-state index is 12.7. The molecule has 0 aromatic carbocycles. The van der Waals surface area contributed by atoms with Crippen LogP contribution in [0.5, 0.6) is 0 Å². The molecule has 0 spiro atoms. The molecule has 1 amide bonds. The van der Waals surface area contributed by atoms with Gasteiger partial charge in [-0.1, -0.05) is 27.7 Å². The molecule has 0 saturated carbocycles. The predicted molar refractivity (Wildman–Crippen MR) is 130 cm³/mol. The number of aromatic nitrogens is 1. The van der Waals surface area contributed by atoms with Gasteiger partial charge in [0, 0.05) is 34.1 Å². The van der Waals surface area contributed by atoms with E-state index in [4.69, 9.17) is 4.43 Å². The Hall–Kier alpha value is -1.20. The van der Waals surface area contributed by atoms with Crippen molar-refractivity contribution in [3.8, 4) is 0 Å². The van der Waals surface area contributed by atoms with Gasteiger partial charge >= 0.3 is 5.97 Å². The van der Waals surface area contributed by atoms with Gasteiger partial charge in [-0.05, 0) is 25.4 Å². The van der Waals surface area contributed by atoms with Crippen molar-refractivity contribution in [2.45, 2.75) is 77.6 Å². The molecule has 178 valence electrons. The van der Waals surface area contributed by atoms with E-state index < -0.39 is 27.0 Å². The number of aliphatic hydroxyl groups excluding tert-OH is 1. The number of hydrogen-bond acceptors (Lipinski definition) is 7. The van der Waals surface area contributed by atoms with Crippen LogP contribution in [0.3, 0.4) is 0 Å². The lowest BCUT2D eigenvalue weighted by Crippen LogP contribution is -2.63. The number of thioether (sulfide) groups is 1. The number of fused-ring (bicyclic) bond motifs is 1. The summed E-state index contributed by atoms with van der Waals surface area (Å²) in [6, 6.07) is -0.315. The lowest BCUT2D eigenvalue weighted by atomic mass is 9.79. The molecule has 0 radical (unpaired) electrons. The van der Waals surface area contributed by atoms with Gasteiger partial charge < -0.3 is 19.5 Å². The first kappa shape index (κ1) is 25.4. The second kappa shape index (κ2) is 9.58. The van der Waals surface area contributed by atoms with E-state index in [0.717, 1.165) is 5.01 Å². The highest BCUT2D eigenvalue weighted by Gasteiger charge is 2.60. The maximum Gasteiger partial charge on any atom is 0.353 e. The predicted octanol–water partition coefficient (Wildman–Crippen LogP) is 3.36. The zero-order valence-corrected chi connectivity index (χ0v) is 22.5. The first-order chi connectivity index (χ1) is 14.8. The molecule has 1 aromatic heterocycles. The van der Waals surface area contributed by atoms with Crippen LogP contribution in [0.25, 0.3) is 0 Å². The van der Waals surface area contributed by atoms with Crippen molar-refractivity contribution in [2.75, 3.05) is 0 Å². The van der Waals surface area contributed by atoms with E-state index in [2.05, 4.69) is 38.8 Å². The largest absolute Gasteiger partial charge is 0.477 e. The summed E-state index contributed by atoms with van der Waals surface area (Å²) in [4.78, 5) is 31.5. The number of hydrogen-bond donors (Lipinski definition) is 2. The van der Waals surface area contributed by atoms with Gasteiger partial charge in [0.05, 0.1) is 29.2 Å². The van der Waals surface area contributed by atoms with Crippen molar-refractivity contribution in [1.29, 1.82) is 0 Å². The van der Waals surface area contributed by atoms with Crippen molar-refractivity contribution >= 4 is 44.0 Å². The Kier molecular flexibility index (Phi) is 7.61. The number of carbonyl (C=O) groups is 2. The molecule has 1 saturated heterocycles. The van der Waals surface area contributed by atoms with Crippen LogP contribution in [0.2, 0.25) is 13.1 Å². The van der Waals surface area contributed by atoms with Gasteiger partial charge in [-0.25, -0.2) is 9.78 Å². The first-order valence-corrected chi connectivity index (χ1v) is 15.6. The van der Waals surface area contributed by atoms with E-state index in [0.29, 0.717) is 11.3 Å². The second-order valence-electron chi connectivity index (χ2n) is 10.0. The molecule has 32 heavy (non-hydrogen) atoms. The number of rotatable bonds is 9. The quantitative estimate of drug-likeness (QED) is 0.398. The highest BCUT2D eigenvalue weighted by atomic mass is 32.2. The summed E-state index contributed by atoms with van der Waals surface area (Å²) >= 11 is 3.11. The van der Waals surface area contributed by atoms with Gasteiger partial charge in [0.1, 0.15) is 5.70 Å². The van der Waals surface area contributed by atoms with Crippen LogP contribution in [0.1, 0.15) is 39.6 Å². The third-order valence-electron chi connectivity index (χ3n) is 6.06. The topological polar surface area (TPSA) is 100.0 Å². The van der Waals surface area contributed by atoms with Crippen LogP contribution in [0, 0.1) is 17.3 Å². The number of nitrogens with zero attached hydrogens (tertiary/aromatic N) is 2. The molecule has 2 N–H and O–H groups in total. The Morgan fingerprint density at radius 1 is 1.41 bits per heavy atom. The number of thiazole rings is 1. The van der Waals surface area contributed by atoms with Crippen LogP contribution in [0.4, 0.5) is 0 Å². The third kappa shape index (κ3) is 4.84. The molecule has 1 fully saturated rings. The second-order valence-corrected chi connectivity index (χ2v) is 14.7. The van der Waals surface area contributed by atoms with Crippen LogP contribution < -0.4 is 0 Å². The van der Waals surface area contributed by atoms with E-state index in [1.165, 1.54) is 16.7 Å². The molecule has 2 unspecified atom stereocenters. The van der Waals surface area contributed by atoms with E-state index in [9.17, 15) is 19.8 Å². The lowest BCUT2D eigenvalue weighted by molar-refractivity contribution is -0.163. The number of aliphatic carboxylic acids is 1. The van der Waals surface area contributed by atoms with Gasteiger partial charge in [0.2, 0.25) is 5.91 Å². The fourth-order valence-electron chi connectivity index (χ4n) is 4.72. The Bertz CT molecular complexity index is 881. The molecular formula is C22H34N2O5S2Si. The van der Waals surface area contributed by atoms with Crippen LogP contribution >= 0.6 is 23.1 Å². The zero-order chi connectivity index (χ0) is 24.0. The highest BCUT2D eigenvalue weighted by Crippen LogP contribution is 2.52. The van der Waals surface area contributed by atoms with Crippen molar-refractivity contribution in [1.82, 2.24) is 9.88 Å². The van der Waals surface area contributed by atoms with E-state index in [1.54, 1.807) is 24.5 Å². The minimum atomic E-state index is -1.38. The molecule has 6 atom stereocenters. The van der Waals surface area contributed by atoms with Crippen LogP contribution in [0.15, 0.2) is 22.2 Å². The van der Waals surface area contributed by atoms with E-state index in [-0.39, 0.29) is 40.3 Å². The van der Waals surface area contributed by atoms with Gasteiger partial charge in [-0.15, -0.1) is 23.1 Å². The molecule has 3 rings (SSSR count). The molecule has 3 heterocycles. The van der Waals surface area contributed by atoms with Crippen molar-refractivity contribution in [2.24, 2.45) is 17.3 Å². The zero-order valence-electron chi connectivity index (χ0n) is 19.7. The maximum atomic E-state index is 12.7. The Balaban J connectivity index is 2.00. The summed E-state index contributed by atoms with van der Waals surface area (Å²) in [5.41, 5.74) is -0.0946. The molecule has 1 aromatic rings. The smallest absolute Gasteiger partial charge is 0.353 e. The summed E-state index contributed by atoms with van der Waals surface area (Å²) < 4.78 is 6.52. The summed E-state index contributed by atoms with van der Waals surface area (Å²) in [5, 5.41) is 23.0. The number of amides is 1. The average molecular weight is 499 g/mol.